The second kappa shape index (κ2) is 8.45. The van der Waals surface area contributed by atoms with Gasteiger partial charge in [0.15, 0.2) is 0 Å². The number of aromatic amines is 1. The van der Waals surface area contributed by atoms with Crippen molar-refractivity contribution in [2.75, 3.05) is 13.1 Å². The summed E-state index contributed by atoms with van der Waals surface area (Å²) in [5.74, 6) is -0.172. The van der Waals surface area contributed by atoms with Gasteiger partial charge in [0.25, 0.3) is 11.5 Å². The maximum atomic E-state index is 13.0. The molecule has 9 heteroatoms. The Labute approximate surface area is 198 Å². The Kier molecular flexibility index (Phi) is 5.91. The van der Waals surface area contributed by atoms with Crippen molar-refractivity contribution in [3.05, 3.63) is 45.9 Å². The smallest absolute Gasteiger partial charge is 0.410 e. The third-order valence-electron chi connectivity index (χ3n) is 5.76. The van der Waals surface area contributed by atoms with Crippen molar-refractivity contribution >= 4 is 28.6 Å². The molecule has 9 nitrogen and oxygen atoms in total. The maximum absolute atomic E-state index is 13.0. The zero-order valence-electron chi connectivity index (χ0n) is 20.7. The van der Waals surface area contributed by atoms with Crippen LogP contribution < -0.4 is 10.9 Å². The van der Waals surface area contributed by atoms with Crippen molar-refractivity contribution in [3.8, 4) is 0 Å². The Balaban J connectivity index is 1.69. The normalized spacial score (nSPS) is 15.6. The number of hydrogen-bond donors (Lipinski definition) is 2. The summed E-state index contributed by atoms with van der Waals surface area (Å²) in [7, 11) is 0. The molecule has 0 atom stereocenters. The van der Waals surface area contributed by atoms with E-state index < -0.39 is 11.1 Å². The average molecular weight is 468 g/mol. The van der Waals surface area contributed by atoms with E-state index in [-0.39, 0.29) is 23.5 Å². The SMILES string of the molecule is CC(C)(C)NC(=O)c1cccc2nn3c(C4CCN(C(=O)OC(C)(C)C)CC4)cc(=O)[nH]c3c12. The molecule has 34 heavy (non-hydrogen) atoms. The summed E-state index contributed by atoms with van der Waals surface area (Å²) in [6.07, 6.45) is 1.05. The van der Waals surface area contributed by atoms with E-state index in [0.717, 1.165) is 5.69 Å². The number of rotatable bonds is 2. The summed E-state index contributed by atoms with van der Waals surface area (Å²) in [5, 5.41) is 8.34. The Morgan fingerprint density at radius 3 is 2.41 bits per heavy atom. The summed E-state index contributed by atoms with van der Waals surface area (Å²) >= 11 is 0. The third-order valence-corrected chi connectivity index (χ3v) is 5.76. The number of hydrogen-bond acceptors (Lipinski definition) is 5. The largest absolute Gasteiger partial charge is 0.444 e. The van der Waals surface area contributed by atoms with Crippen LogP contribution in [0.3, 0.4) is 0 Å². The van der Waals surface area contributed by atoms with E-state index in [1.807, 2.05) is 47.6 Å². The minimum absolute atomic E-state index is 0.0460. The number of carbonyl (C=O) groups excluding carboxylic acids is 2. The monoisotopic (exact) mass is 467 g/mol. The van der Waals surface area contributed by atoms with Gasteiger partial charge in [0.05, 0.1) is 22.2 Å². The standard InChI is InChI=1S/C25H33N5O4/c1-24(2,3)27-22(32)16-8-7-9-17-20(16)21-26-19(31)14-18(30(21)28-17)15-10-12-29(13-11-15)23(33)34-25(4,5)6/h7-9,14-15H,10-13H2,1-6H3,(H,26,31)(H,27,32). The van der Waals surface area contributed by atoms with Crippen molar-refractivity contribution in [2.24, 2.45) is 0 Å². The van der Waals surface area contributed by atoms with E-state index in [2.05, 4.69) is 10.3 Å². The molecule has 0 radical (unpaired) electrons. The van der Waals surface area contributed by atoms with E-state index in [1.165, 1.54) is 0 Å². The molecule has 4 rings (SSSR count). The number of nitrogens with one attached hydrogen (secondary N) is 2. The molecule has 1 aliphatic heterocycles. The zero-order valence-corrected chi connectivity index (χ0v) is 20.7. The highest BCUT2D eigenvalue weighted by Gasteiger charge is 2.30. The first-order valence-corrected chi connectivity index (χ1v) is 11.7. The average Bonchev–Trinajstić information content (AvgIpc) is 3.09. The van der Waals surface area contributed by atoms with Crippen LogP contribution in [0.2, 0.25) is 0 Å². The molecule has 0 bridgehead atoms. The fourth-order valence-electron chi connectivity index (χ4n) is 4.36. The lowest BCUT2D eigenvalue weighted by Crippen LogP contribution is -2.41. The Hall–Kier alpha value is -3.36. The fraction of sp³-hybridized carbons (Fsp3) is 0.520. The lowest BCUT2D eigenvalue weighted by Gasteiger charge is -2.33. The minimum atomic E-state index is -0.543. The van der Waals surface area contributed by atoms with Gasteiger partial charge >= 0.3 is 6.09 Å². The second-order valence-electron chi connectivity index (χ2n) is 11.0. The third kappa shape index (κ3) is 4.93. The van der Waals surface area contributed by atoms with E-state index in [1.54, 1.807) is 27.6 Å². The molecular weight excluding hydrogens is 434 g/mol. The number of ether oxygens (including phenoxy) is 1. The van der Waals surface area contributed by atoms with Gasteiger partial charge in [0.2, 0.25) is 0 Å². The van der Waals surface area contributed by atoms with Crippen LogP contribution in [0, 0.1) is 0 Å². The van der Waals surface area contributed by atoms with Crippen LogP contribution in [-0.4, -0.2) is 55.7 Å². The van der Waals surface area contributed by atoms with Crippen LogP contribution in [0.15, 0.2) is 29.1 Å². The van der Waals surface area contributed by atoms with Crippen molar-refractivity contribution in [1.29, 1.82) is 0 Å². The fourth-order valence-corrected chi connectivity index (χ4v) is 4.36. The molecular formula is C25H33N5O4. The zero-order chi connectivity index (χ0) is 24.8. The Morgan fingerprint density at radius 1 is 1.12 bits per heavy atom. The van der Waals surface area contributed by atoms with Gasteiger partial charge in [0.1, 0.15) is 11.2 Å². The summed E-state index contributed by atoms with van der Waals surface area (Å²) in [4.78, 5) is 42.7. The van der Waals surface area contributed by atoms with Crippen LogP contribution in [-0.2, 0) is 4.74 Å². The molecule has 0 aliphatic carbocycles. The molecule has 2 N–H and O–H groups in total. The van der Waals surface area contributed by atoms with Crippen LogP contribution in [0.4, 0.5) is 4.79 Å². The lowest BCUT2D eigenvalue weighted by atomic mass is 9.93. The summed E-state index contributed by atoms with van der Waals surface area (Å²) in [6, 6.07) is 6.95. The molecule has 2 amide bonds. The van der Waals surface area contributed by atoms with Crippen LogP contribution in [0.5, 0.6) is 0 Å². The molecule has 0 saturated carbocycles. The maximum Gasteiger partial charge on any atom is 0.410 e. The quantitative estimate of drug-likeness (QED) is 0.596. The van der Waals surface area contributed by atoms with Gasteiger partial charge < -0.3 is 19.9 Å². The number of aromatic nitrogens is 3. The lowest BCUT2D eigenvalue weighted by molar-refractivity contribution is 0.0203. The van der Waals surface area contributed by atoms with Gasteiger partial charge in [-0.2, -0.15) is 5.10 Å². The first kappa shape index (κ1) is 23.8. The highest BCUT2D eigenvalue weighted by Crippen LogP contribution is 2.31. The first-order chi connectivity index (χ1) is 15.8. The molecule has 1 aliphatic rings. The number of fused-ring (bicyclic) bond motifs is 3. The number of amides is 2. The number of nitrogens with zero attached hydrogens (tertiary/aromatic N) is 3. The Bertz CT molecular complexity index is 1300. The van der Waals surface area contributed by atoms with Crippen LogP contribution in [0.1, 0.15) is 76.4 Å². The van der Waals surface area contributed by atoms with E-state index in [4.69, 9.17) is 9.84 Å². The molecule has 3 aromatic rings. The summed E-state index contributed by atoms with van der Waals surface area (Å²) in [5.41, 5.74) is 1.20. The predicted molar refractivity (Wildman–Crippen MR) is 130 cm³/mol. The molecule has 3 heterocycles. The van der Waals surface area contributed by atoms with Crippen molar-refractivity contribution in [3.63, 3.8) is 0 Å². The molecule has 0 spiro atoms. The van der Waals surface area contributed by atoms with Crippen molar-refractivity contribution in [2.45, 2.75) is 71.4 Å². The van der Waals surface area contributed by atoms with Crippen molar-refractivity contribution < 1.29 is 14.3 Å². The summed E-state index contributed by atoms with van der Waals surface area (Å²) < 4.78 is 7.24. The van der Waals surface area contributed by atoms with E-state index in [9.17, 15) is 14.4 Å². The molecule has 0 unspecified atom stereocenters. The summed E-state index contributed by atoms with van der Waals surface area (Å²) in [6.45, 7) is 12.4. The topological polar surface area (TPSA) is 109 Å². The molecule has 1 fully saturated rings. The highest BCUT2D eigenvalue weighted by atomic mass is 16.6. The van der Waals surface area contributed by atoms with Gasteiger partial charge in [-0.15, -0.1) is 0 Å². The van der Waals surface area contributed by atoms with Crippen LogP contribution in [0.25, 0.3) is 16.6 Å². The van der Waals surface area contributed by atoms with E-state index in [0.29, 0.717) is 48.0 Å². The van der Waals surface area contributed by atoms with E-state index >= 15 is 0 Å². The molecule has 182 valence electrons. The molecule has 1 aromatic carbocycles. The van der Waals surface area contributed by atoms with Gasteiger partial charge in [-0.3, -0.25) is 9.59 Å². The van der Waals surface area contributed by atoms with Gasteiger partial charge in [0, 0.05) is 30.6 Å². The first-order valence-electron chi connectivity index (χ1n) is 11.7. The van der Waals surface area contributed by atoms with Crippen LogP contribution >= 0.6 is 0 Å². The second-order valence-corrected chi connectivity index (χ2v) is 11.0. The van der Waals surface area contributed by atoms with Gasteiger partial charge in [-0.05, 0) is 66.5 Å². The predicted octanol–water partition coefficient (Wildman–Crippen LogP) is 3.82. The van der Waals surface area contributed by atoms with Crippen molar-refractivity contribution in [1.82, 2.24) is 24.8 Å². The Morgan fingerprint density at radius 2 is 1.79 bits per heavy atom. The number of benzene rings is 1. The highest BCUT2D eigenvalue weighted by molar-refractivity contribution is 6.11. The number of carbonyl (C=O) groups is 2. The molecule has 2 aromatic heterocycles. The molecule has 1 saturated heterocycles. The number of likely N-dealkylation sites (tertiary alicyclic amines) is 1. The van der Waals surface area contributed by atoms with Gasteiger partial charge in [-0.25, -0.2) is 9.31 Å². The van der Waals surface area contributed by atoms with Gasteiger partial charge in [-0.1, -0.05) is 6.07 Å². The minimum Gasteiger partial charge on any atom is -0.444 e. The number of H-pyrrole nitrogens is 1. The number of piperidine rings is 1.